The molecule has 0 saturated heterocycles. The number of likely N-dealkylation sites (N-methyl/N-ethyl adjacent to an activating group) is 1. The predicted molar refractivity (Wildman–Crippen MR) is 112 cm³/mol. The van der Waals surface area contributed by atoms with E-state index in [2.05, 4.69) is 0 Å². The SMILES string of the molecule is CCN(C=O)C(=O)/C(C#N)=C(C)\C(C)=C\C=Cc1c(C)c(C#N)c(=O)n(CC)c1O. The van der Waals surface area contributed by atoms with Gasteiger partial charge in [-0.15, -0.1) is 0 Å². The zero-order valence-corrected chi connectivity index (χ0v) is 17.7. The average Bonchev–Trinajstić information content (AvgIpc) is 2.72. The van der Waals surface area contributed by atoms with Crippen LogP contribution in [0.15, 0.2) is 33.7 Å². The van der Waals surface area contributed by atoms with E-state index >= 15 is 0 Å². The van der Waals surface area contributed by atoms with E-state index in [1.165, 1.54) is 0 Å². The third-order valence-corrected chi connectivity index (χ3v) is 4.79. The van der Waals surface area contributed by atoms with Gasteiger partial charge in [0.25, 0.3) is 11.5 Å². The Hall–Kier alpha value is -3.91. The van der Waals surface area contributed by atoms with Crippen molar-refractivity contribution in [3.05, 3.63) is 55.9 Å². The van der Waals surface area contributed by atoms with E-state index in [0.717, 1.165) is 9.47 Å². The number of carbonyl (C=O) groups excluding carboxylic acids is 2. The van der Waals surface area contributed by atoms with E-state index in [1.807, 2.05) is 12.1 Å². The summed E-state index contributed by atoms with van der Waals surface area (Å²) < 4.78 is 1.11. The number of rotatable bonds is 7. The van der Waals surface area contributed by atoms with Crippen molar-refractivity contribution in [1.82, 2.24) is 9.47 Å². The molecule has 8 heteroatoms. The first-order valence-electron chi connectivity index (χ1n) is 9.28. The summed E-state index contributed by atoms with van der Waals surface area (Å²) in [4.78, 5) is 36.4. The van der Waals surface area contributed by atoms with Gasteiger partial charge in [-0.3, -0.25) is 23.9 Å². The minimum atomic E-state index is -0.675. The molecular formula is C22H24N4O4. The van der Waals surface area contributed by atoms with Crippen LogP contribution in [-0.2, 0) is 16.1 Å². The lowest BCUT2D eigenvalue weighted by atomic mass is 10.0. The van der Waals surface area contributed by atoms with Gasteiger partial charge in [-0.25, -0.2) is 0 Å². The Balaban J connectivity index is 3.44. The molecule has 0 aliphatic rings. The Morgan fingerprint density at radius 3 is 2.37 bits per heavy atom. The third kappa shape index (κ3) is 4.73. The molecule has 8 nitrogen and oxygen atoms in total. The van der Waals surface area contributed by atoms with Crippen LogP contribution >= 0.6 is 0 Å². The van der Waals surface area contributed by atoms with Crippen LogP contribution in [0.2, 0.25) is 0 Å². The minimum Gasteiger partial charge on any atom is -0.494 e. The lowest BCUT2D eigenvalue weighted by Crippen LogP contribution is -2.30. The molecule has 2 amide bonds. The topological polar surface area (TPSA) is 127 Å². The largest absolute Gasteiger partial charge is 0.494 e. The Morgan fingerprint density at radius 1 is 1.27 bits per heavy atom. The zero-order chi connectivity index (χ0) is 23.0. The van der Waals surface area contributed by atoms with Crippen molar-refractivity contribution >= 4 is 18.4 Å². The molecule has 1 rings (SSSR count). The standard InChI is InChI=1S/C22H24N4O4/c1-6-25(13-27)20(28)18(11-23)15(4)14(3)9-8-10-17-16(5)19(12-24)22(30)26(7-2)21(17)29/h8-10,13,29H,6-7H2,1-5H3/b10-8?,14-9+,18-15-. The van der Waals surface area contributed by atoms with Gasteiger partial charge < -0.3 is 5.11 Å². The van der Waals surface area contributed by atoms with Gasteiger partial charge in [0.1, 0.15) is 23.3 Å². The quantitative estimate of drug-likeness (QED) is 0.320. The lowest BCUT2D eigenvalue weighted by Gasteiger charge is -2.13. The van der Waals surface area contributed by atoms with Gasteiger partial charge in [0, 0.05) is 18.7 Å². The highest BCUT2D eigenvalue weighted by molar-refractivity contribution is 6.03. The monoisotopic (exact) mass is 408 g/mol. The molecule has 30 heavy (non-hydrogen) atoms. The van der Waals surface area contributed by atoms with E-state index in [4.69, 9.17) is 0 Å². The van der Waals surface area contributed by atoms with Crippen molar-refractivity contribution in [2.75, 3.05) is 6.54 Å². The molecule has 0 atom stereocenters. The van der Waals surface area contributed by atoms with Gasteiger partial charge in [-0.1, -0.05) is 12.2 Å². The number of hydrogen-bond acceptors (Lipinski definition) is 6. The molecule has 1 aromatic rings. The fourth-order valence-electron chi connectivity index (χ4n) is 2.78. The van der Waals surface area contributed by atoms with E-state index in [9.17, 15) is 30.0 Å². The molecular weight excluding hydrogens is 384 g/mol. The third-order valence-electron chi connectivity index (χ3n) is 4.79. The summed E-state index contributed by atoms with van der Waals surface area (Å²) in [7, 11) is 0. The van der Waals surface area contributed by atoms with Crippen molar-refractivity contribution in [2.24, 2.45) is 0 Å². The molecule has 0 fully saturated rings. The minimum absolute atomic E-state index is 0.0445. The summed E-state index contributed by atoms with van der Waals surface area (Å²) in [6.07, 6.45) is 5.14. The highest BCUT2D eigenvalue weighted by Crippen LogP contribution is 2.23. The molecule has 0 spiro atoms. The Kier molecular flexibility index (Phi) is 8.51. The molecule has 0 radical (unpaired) electrons. The van der Waals surface area contributed by atoms with E-state index in [-0.39, 0.29) is 30.1 Å². The van der Waals surface area contributed by atoms with Crippen LogP contribution < -0.4 is 5.56 Å². The summed E-state index contributed by atoms with van der Waals surface area (Å²) in [6, 6.07) is 3.72. The molecule has 0 saturated carbocycles. The molecule has 156 valence electrons. The predicted octanol–water partition coefficient (Wildman–Crippen LogP) is 2.56. The summed E-state index contributed by atoms with van der Waals surface area (Å²) in [5.41, 5.74) is 0.952. The number of nitrogens with zero attached hydrogens (tertiary/aromatic N) is 4. The highest BCUT2D eigenvalue weighted by Gasteiger charge is 2.19. The Bertz CT molecular complexity index is 1090. The number of imide groups is 1. The van der Waals surface area contributed by atoms with Gasteiger partial charge in [0.2, 0.25) is 12.3 Å². The van der Waals surface area contributed by atoms with Crippen LogP contribution in [0.25, 0.3) is 6.08 Å². The fourth-order valence-corrected chi connectivity index (χ4v) is 2.78. The van der Waals surface area contributed by atoms with Crippen LogP contribution in [0.1, 0.15) is 44.4 Å². The molecule has 0 bridgehead atoms. The van der Waals surface area contributed by atoms with Crippen molar-refractivity contribution in [1.29, 1.82) is 10.5 Å². The number of aromatic nitrogens is 1. The van der Waals surface area contributed by atoms with E-state index < -0.39 is 11.5 Å². The normalized spacial score (nSPS) is 12.2. The Labute approximate surface area is 175 Å². The van der Waals surface area contributed by atoms with Gasteiger partial charge in [-0.2, -0.15) is 10.5 Å². The molecule has 1 heterocycles. The second-order valence-electron chi connectivity index (χ2n) is 6.42. The lowest BCUT2D eigenvalue weighted by molar-refractivity contribution is -0.134. The van der Waals surface area contributed by atoms with Crippen molar-refractivity contribution in [3.63, 3.8) is 0 Å². The van der Waals surface area contributed by atoms with Crippen LogP contribution in [0.3, 0.4) is 0 Å². The van der Waals surface area contributed by atoms with E-state index in [0.29, 0.717) is 28.7 Å². The van der Waals surface area contributed by atoms with Gasteiger partial charge >= 0.3 is 0 Å². The van der Waals surface area contributed by atoms with Gasteiger partial charge in [-0.05, 0) is 57.4 Å². The average molecular weight is 408 g/mol. The first-order chi connectivity index (χ1) is 14.2. The van der Waals surface area contributed by atoms with Crippen LogP contribution in [0.5, 0.6) is 5.88 Å². The van der Waals surface area contributed by atoms with Crippen LogP contribution in [0, 0.1) is 29.6 Å². The summed E-state index contributed by atoms with van der Waals surface area (Å²) in [5.74, 6) is -0.919. The molecule has 0 unspecified atom stereocenters. The van der Waals surface area contributed by atoms with Crippen molar-refractivity contribution in [2.45, 2.75) is 41.2 Å². The number of pyridine rings is 1. The maximum absolute atomic E-state index is 12.3. The smallest absolute Gasteiger partial charge is 0.271 e. The zero-order valence-electron chi connectivity index (χ0n) is 17.7. The number of aromatic hydroxyl groups is 1. The second-order valence-corrected chi connectivity index (χ2v) is 6.42. The number of amides is 2. The Morgan fingerprint density at radius 2 is 1.90 bits per heavy atom. The van der Waals surface area contributed by atoms with Crippen LogP contribution in [0.4, 0.5) is 0 Å². The summed E-state index contributed by atoms with van der Waals surface area (Å²) in [5, 5.41) is 29.0. The van der Waals surface area contributed by atoms with Crippen molar-refractivity contribution < 1.29 is 14.7 Å². The molecule has 1 N–H and O–H groups in total. The van der Waals surface area contributed by atoms with Gasteiger partial charge in [0.15, 0.2) is 0 Å². The first kappa shape index (κ1) is 24.1. The van der Waals surface area contributed by atoms with E-state index in [1.54, 1.807) is 52.8 Å². The summed E-state index contributed by atoms with van der Waals surface area (Å²) in [6.45, 7) is 8.54. The second kappa shape index (κ2) is 10.6. The maximum atomic E-state index is 12.3. The maximum Gasteiger partial charge on any atom is 0.271 e. The number of allylic oxidation sites excluding steroid dienone is 4. The molecule has 0 aliphatic heterocycles. The molecule has 0 aliphatic carbocycles. The number of nitriles is 2. The van der Waals surface area contributed by atoms with Crippen LogP contribution in [-0.4, -0.2) is 33.4 Å². The first-order valence-corrected chi connectivity index (χ1v) is 9.28. The highest BCUT2D eigenvalue weighted by atomic mass is 16.3. The molecule has 0 aromatic carbocycles. The fraction of sp³-hybridized carbons (Fsp3) is 0.318. The van der Waals surface area contributed by atoms with Crippen molar-refractivity contribution in [3.8, 4) is 18.0 Å². The summed E-state index contributed by atoms with van der Waals surface area (Å²) >= 11 is 0. The number of hydrogen-bond donors (Lipinski definition) is 1. The van der Waals surface area contributed by atoms with Gasteiger partial charge in [0.05, 0.1) is 0 Å². The number of carbonyl (C=O) groups is 2. The molecule has 1 aromatic heterocycles.